The fourth-order valence-corrected chi connectivity index (χ4v) is 2.75. The van der Waals surface area contributed by atoms with Gasteiger partial charge in [0.2, 0.25) is 0 Å². The summed E-state index contributed by atoms with van der Waals surface area (Å²) in [6.07, 6.45) is 0. The number of rotatable bonds is 4. The Morgan fingerprint density at radius 1 is 0.815 bits per heavy atom. The number of anilines is 2. The van der Waals surface area contributed by atoms with Gasteiger partial charge in [-0.2, -0.15) is 0 Å². The zero-order valence-electron chi connectivity index (χ0n) is 14.4. The molecule has 2 amide bonds. The first-order valence-electron chi connectivity index (χ1n) is 8.17. The van der Waals surface area contributed by atoms with Gasteiger partial charge in [-0.25, -0.2) is 4.39 Å². The van der Waals surface area contributed by atoms with Crippen molar-refractivity contribution in [3.8, 4) is 0 Å². The highest BCUT2D eigenvalue weighted by Crippen LogP contribution is 2.21. The Morgan fingerprint density at radius 2 is 1.44 bits per heavy atom. The van der Waals surface area contributed by atoms with Crippen LogP contribution in [0.2, 0.25) is 5.02 Å². The molecule has 0 aromatic heterocycles. The molecule has 0 radical (unpaired) electrons. The molecule has 0 aliphatic carbocycles. The van der Waals surface area contributed by atoms with Crippen molar-refractivity contribution in [2.75, 3.05) is 10.6 Å². The maximum absolute atomic E-state index is 13.7. The average molecular weight is 383 g/mol. The van der Waals surface area contributed by atoms with Crippen LogP contribution in [0.4, 0.5) is 15.8 Å². The molecule has 0 bridgehead atoms. The van der Waals surface area contributed by atoms with Gasteiger partial charge in [0.15, 0.2) is 0 Å². The minimum absolute atomic E-state index is 0.0779. The van der Waals surface area contributed by atoms with E-state index in [-0.39, 0.29) is 17.2 Å². The summed E-state index contributed by atoms with van der Waals surface area (Å²) in [5.74, 6) is -1.39. The third kappa shape index (κ3) is 4.51. The lowest BCUT2D eigenvalue weighted by Gasteiger charge is -2.10. The number of para-hydroxylation sites is 1. The molecule has 2 N–H and O–H groups in total. The Kier molecular flexibility index (Phi) is 5.52. The van der Waals surface area contributed by atoms with Crippen molar-refractivity contribution in [1.82, 2.24) is 0 Å². The van der Waals surface area contributed by atoms with Crippen LogP contribution in [0.3, 0.4) is 0 Å². The lowest BCUT2D eigenvalue weighted by atomic mass is 10.1. The predicted octanol–water partition coefficient (Wildman–Crippen LogP) is 5.29. The SMILES string of the molecule is Cc1cc(Cl)ccc1NC(=O)c1cccc(C(=O)Nc2ccccc2F)c1. The van der Waals surface area contributed by atoms with Gasteiger partial charge < -0.3 is 10.6 Å². The molecule has 0 unspecified atom stereocenters. The van der Waals surface area contributed by atoms with Crippen molar-refractivity contribution >= 4 is 34.8 Å². The smallest absolute Gasteiger partial charge is 0.255 e. The average Bonchev–Trinajstić information content (AvgIpc) is 2.66. The standard InChI is InChI=1S/C21H16ClFN2O2/c1-13-11-16(22)9-10-18(13)24-20(26)14-5-4-6-15(12-14)21(27)25-19-8-3-2-7-17(19)23/h2-12H,1H3,(H,24,26)(H,25,27). The van der Waals surface area contributed by atoms with E-state index in [9.17, 15) is 14.0 Å². The topological polar surface area (TPSA) is 58.2 Å². The van der Waals surface area contributed by atoms with Crippen LogP contribution in [0.5, 0.6) is 0 Å². The number of halogens is 2. The van der Waals surface area contributed by atoms with Gasteiger partial charge in [-0.1, -0.05) is 29.8 Å². The summed E-state index contributed by atoms with van der Waals surface area (Å²) in [7, 11) is 0. The predicted molar refractivity (Wildman–Crippen MR) is 105 cm³/mol. The quantitative estimate of drug-likeness (QED) is 0.644. The number of benzene rings is 3. The van der Waals surface area contributed by atoms with Gasteiger partial charge in [-0.05, 0) is 61.0 Å². The highest BCUT2D eigenvalue weighted by Gasteiger charge is 2.13. The number of aryl methyl sites for hydroxylation is 1. The van der Waals surface area contributed by atoms with Crippen molar-refractivity contribution in [1.29, 1.82) is 0 Å². The molecule has 0 aliphatic heterocycles. The molecule has 0 atom stereocenters. The minimum Gasteiger partial charge on any atom is -0.322 e. The molecule has 0 fully saturated rings. The highest BCUT2D eigenvalue weighted by molar-refractivity contribution is 6.30. The molecule has 0 heterocycles. The van der Waals surface area contributed by atoms with E-state index < -0.39 is 11.7 Å². The van der Waals surface area contributed by atoms with Crippen LogP contribution >= 0.6 is 11.6 Å². The van der Waals surface area contributed by atoms with E-state index in [0.717, 1.165) is 5.56 Å². The molecule has 6 heteroatoms. The van der Waals surface area contributed by atoms with Gasteiger partial charge >= 0.3 is 0 Å². The summed E-state index contributed by atoms with van der Waals surface area (Å²) in [5.41, 5.74) is 2.09. The Morgan fingerprint density at radius 3 is 2.07 bits per heavy atom. The number of hydrogen-bond donors (Lipinski definition) is 2. The molecule has 136 valence electrons. The third-order valence-corrected chi connectivity index (χ3v) is 4.18. The summed E-state index contributed by atoms with van der Waals surface area (Å²) >= 11 is 5.92. The summed E-state index contributed by atoms with van der Waals surface area (Å²) in [6, 6.07) is 17.2. The molecule has 0 saturated carbocycles. The largest absolute Gasteiger partial charge is 0.322 e. The number of carbonyl (C=O) groups excluding carboxylic acids is 2. The first-order chi connectivity index (χ1) is 12.9. The molecule has 4 nitrogen and oxygen atoms in total. The molecule has 3 aromatic rings. The van der Waals surface area contributed by atoms with Gasteiger partial charge in [0.05, 0.1) is 5.69 Å². The zero-order chi connectivity index (χ0) is 19.4. The summed E-state index contributed by atoms with van der Waals surface area (Å²) < 4.78 is 13.7. The van der Waals surface area contributed by atoms with Crippen molar-refractivity contribution < 1.29 is 14.0 Å². The van der Waals surface area contributed by atoms with E-state index in [2.05, 4.69) is 10.6 Å². The summed E-state index contributed by atoms with van der Waals surface area (Å²) in [4.78, 5) is 24.9. The summed E-state index contributed by atoms with van der Waals surface area (Å²) in [6.45, 7) is 1.83. The fourth-order valence-electron chi connectivity index (χ4n) is 2.52. The highest BCUT2D eigenvalue weighted by atomic mass is 35.5. The van der Waals surface area contributed by atoms with Crippen molar-refractivity contribution in [2.45, 2.75) is 6.92 Å². The van der Waals surface area contributed by atoms with Gasteiger partial charge in [0, 0.05) is 21.8 Å². The van der Waals surface area contributed by atoms with E-state index in [1.54, 1.807) is 42.5 Å². The van der Waals surface area contributed by atoms with Gasteiger partial charge in [0.25, 0.3) is 11.8 Å². The molecule has 3 rings (SSSR count). The number of amides is 2. The molecule has 27 heavy (non-hydrogen) atoms. The zero-order valence-corrected chi connectivity index (χ0v) is 15.2. The number of nitrogens with one attached hydrogen (secondary N) is 2. The first-order valence-corrected chi connectivity index (χ1v) is 8.55. The molecule has 0 aliphatic rings. The maximum atomic E-state index is 13.7. The third-order valence-electron chi connectivity index (χ3n) is 3.95. The van der Waals surface area contributed by atoms with Crippen molar-refractivity contribution in [2.24, 2.45) is 0 Å². The second-order valence-corrected chi connectivity index (χ2v) is 6.36. The van der Waals surface area contributed by atoms with E-state index in [0.29, 0.717) is 16.3 Å². The van der Waals surface area contributed by atoms with Gasteiger partial charge in [0.1, 0.15) is 5.82 Å². The molecule has 3 aromatic carbocycles. The van der Waals surface area contributed by atoms with Crippen LogP contribution in [0.15, 0.2) is 66.7 Å². The van der Waals surface area contributed by atoms with E-state index >= 15 is 0 Å². The Hall–Kier alpha value is -3.18. The van der Waals surface area contributed by atoms with Crippen LogP contribution in [0.25, 0.3) is 0 Å². The van der Waals surface area contributed by atoms with Crippen molar-refractivity contribution in [3.05, 3.63) is 94.3 Å². The monoisotopic (exact) mass is 382 g/mol. The Labute approximate surface area is 161 Å². The van der Waals surface area contributed by atoms with Crippen LogP contribution < -0.4 is 10.6 Å². The summed E-state index contributed by atoms with van der Waals surface area (Å²) in [5, 5.41) is 5.87. The second-order valence-electron chi connectivity index (χ2n) is 5.93. The minimum atomic E-state index is -0.530. The maximum Gasteiger partial charge on any atom is 0.255 e. The van der Waals surface area contributed by atoms with Crippen LogP contribution in [-0.2, 0) is 0 Å². The molecular formula is C21H16ClFN2O2. The fraction of sp³-hybridized carbons (Fsp3) is 0.0476. The lowest BCUT2D eigenvalue weighted by Crippen LogP contribution is -2.16. The number of carbonyl (C=O) groups is 2. The van der Waals surface area contributed by atoms with E-state index in [1.807, 2.05) is 6.92 Å². The van der Waals surface area contributed by atoms with Crippen LogP contribution in [0.1, 0.15) is 26.3 Å². The molecular weight excluding hydrogens is 367 g/mol. The Balaban J connectivity index is 1.77. The van der Waals surface area contributed by atoms with Crippen LogP contribution in [-0.4, -0.2) is 11.8 Å². The number of hydrogen-bond acceptors (Lipinski definition) is 2. The second kappa shape index (κ2) is 8.01. The van der Waals surface area contributed by atoms with Crippen LogP contribution in [0, 0.1) is 12.7 Å². The van der Waals surface area contributed by atoms with E-state index in [1.165, 1.54) is 24.3 Å². The molecule has 0 saturated heterocycles. The normalized spacial score (nSPS) is 10.3. The lowest BCUT2D eigenvalue weighted by molar-refractivity contribution is 0.102. The first kappa shape index (κ1) is 18.6. The van der Waals surface area contributed by atoms with Crippen molar-refractivity contribution in [3.63, 3.8) is 0 Å². The van der Waals surface area contributed by atoms with E-state index in [4.69, 9.17) is 11.6 Å². The van der Waals surface area contributed by atoms with Gasteiger partial charge in [-0.3, -0.25) is 9.59 Å². The Bertz CT molecular complexity index is 1020. The van der Waals surface area contributed by atoms with Gasteiger partial charge in [-0.15, -0.1) is 0 Å². The molecule has 0 spiro atoms.